The Labute approximate surface area is 164 Å². The average molecular weight is 396 g/mol. The van der Waals surface area contributed by atoms with E-state index in [2.05, 4.69) is 30.2 Å². The van der Waals surface area contributed by atoms with Gasteiger partial charge in [-0.2, -0.15) is 14.5 Å². The fraction of sp³-hybridized carbons (Fsp3) is 0.300. The van der Waals surface area contributed by atoms with Crippen molar-refractivity contribution in [2.45, 2.75) is 25.3 Å². The van der Waals surface area contributed by atoms with Crippen LogP contribution in [0.2, 0.25) is 0 Å². The number of piperidine rings is 1. The van der Waals surface area contributed by atoms with Crippen LogP contribution in [0, 0.1) is 11.8 Å². The first kappa shape index (κ1) is 17.9. The molecule has 9 heteroatoms. The molecule has 1 aliphatic heterocycles. The predicted octanol–water partition coefficient (Wildman–Crippen LogP) is 3.67. The number of likely N-dealkylation sites (tertiary alicyclic amines) is 1. The Hall–Kier alpha value is -3.20. The molecule has 1 unspecified atom stereocenters. The Morgan fingerprint density at radius 2 is 2.10 bits per heavy atom. The quantitative estimate of drug-likeness (QED) is 0.530. The van der Waals surface area contributed by atoms with Crippen LogP contribution in [0.3, 0.4) is 0 Å². The zero-order valence-electron chi connectivity index (χ0n) is 15.5. The van der Waals surface area contributed by atoms with E-state index in [9.17, 15) is 8.78 Å². The minimum absolute atomic E-state index is 0.108. The predicted molar refractivity (Wildman–Crippen MR) is 101 cm³/mol. The summed E-state index contributed by atoms with van der Waals surface area (Å²) < 4.78 is 32.5. The van der Waals surface area contributed by atoms with E-state index < -0.39 is 5.95 Å². The van der Waals surface area contributed by atoms with Gasteiger partial charge in [-0.1, -0.05) is 11.2 Å². The Morgan fingerprint density at radius 3 is 2.97 bits per heavy atom. The number of rotatable bonds is 4. The maximum Gasteiger partial charge on any atom is 0.231 e. The highest BCUT2D eigenvalue weighted by molar-refractivity contribution is 5.91. The standard InChI is InChI=1S/C20H18F2N6O/c21-16-5-4-14(18-15(16)9-24-26-18)19-25-20(29-27-19)13-2-1-7-28(11-13)10-12-3-6-17(22)23-8-12/h3-6,8-9,13H,1-2,7,10-11H2,(H,24,26). The number of hydrogen-bond donors (Lipinski definition) is 1. The molecule has 1 fully saturated rings. The summed E-state index contributed by atoms with van der Waals surface area (Å²) in [6.07, 6.45) is 4.95. The van der Waals surface area contributed by atoms with E-state index in [-0.39, 0.29) is 11.7 Å². The average Bonchev–Trinajstić information content (AvgIpc) is 3.41. The van der Waals surface area contributed by atoms with E-state index in [4.69, 9.17) is 4.52 Å². The van der Waals surface area contributed by atoms with Crippen molar-refractivity contribution in [1.29, 1.82) is 0 Å². The molecular formula is C20H18F2N6O. The molecule has 148 valence electrons. The lowest BCUT2D eigenvalue weighted by molar-refractivity contribution is 0.180. The highest BCUT2D eigenvalue weighted by atomic mass is 19.1. The number of fused-ring (bicyclic) bond motifs is 1. The van der Waals surface area contributed by atoms with Gasteiger partial charge in [-0.15, -0.1) is 0 Å². The number of H-pyrrole nitrogens is 1. The van der Waals surface area contributed by atoms with Crippen molar-refractivity contribution in [2.24, 2.45) is 0 Å². The fourth-order valence-electron chi connectivity index (χ4n) is 3.86. The minimum Gasteiger partial charge on any atom is -0.339 e. The second kappa shape index (κ2) is 7.32. The van der Waals surface area contributed by atoms with Gasteiger partial charge in [-0.25, -0.2) is 9.37 Å². The zero-order chi connectivity index (χ0) is 19.8. The van der Waals surface area contributed by atoms with Gasteiger partial charge in [0.2, 0.25) is 17.7 Å². The van der Waals surface area contributed by atoms with Crippen LogP contribution in [0.4, 0.5) is 8.78 Å². The van der Waals surface area contributed by atoms with Crippen LogP contribution < -0.4 is 0 Å². The molecule has 0 radical (unpaired) electrons. The van der Waals surface area contributed by atoms with Gasteiger partial charge in [0, 0.05) is 24.8 Å². The lowest BCUT2D eigenvalue weighted by atomic mass is 9.97. The Kier molecular flexibility index (Phi) is 4.51. The molecule has 7 nitrogen and oxygen atoms in total. The molecule has 0 bridgehead atoms. The Morgan fingerprint density at radius 1 is 1.17 bits per heavy atom. The number of halogens is 2. The van der Waals surface area contributed by atoms with E-state index >= 15 is 0 Å². The second-order valence-electron chi connectivity index (χ2n) is 7.27. The molecule has 3 aromatic heterocycles. The normalized spacial score (nSPS) is 17.8. The summed E-state index contributed by atoms with van der Waals surface area (Å²) >= 11 is 0. The van der Waals surface area contributed by atoms with Crippen molar-refractivity contribution in [3.8, 4) is 11.4 Å². The van der Waals surface area contributed by atoms with Crippen molar-refractivity contribution in [1.82, 2.24) is 30.2 Å². The van der Waals surface area contributed by atoms with Gasteiger partial charge in [0.25, 0.3) is 0 Å². The van der Waals surface area contributed by atoms with Gasteiger partial charge in [-0.05, 0) is 43.1 Å². The SMILES string of the molecule is Fc1ccc(CN2CCCC(c3nc(-c4ccc(F)c5cn[nH]c45)no3)C2)cn1. The van der Waals surface area contributed by atoms with Gasteiger partial charge in [-0.3, -0.25) is 10.00 Å². The van der Waals surface area contributed by atoms with Crippen LogP contribution in [0.15, 0.2) is 41.2 Å². The number of aromatic amines is 1. The molecule has 29 heavy (non-hydrogen) atoms. The van der Waals surface area contributed by atoms with Gasteiger partial charge in [0.05, 0.1) is 23.0 Å². The van der Waals surface area contributed by atoms with Crippen LogP contribution in [0.1, 0.15) is 30.2 Å². The lowest BCUT2D eigenvalue weighted by Gasteiger charge is -2.30. The highest BCUT2D eigenvalue weighted by Crippen LogP contribution is 2.31. The van der Waals surface area contributed by atoms with Crippen LogP contribution in [0.25, 0.3) is 22.3 Å². The van der Waals surface area contributed by atoms with E-state index in [1.54, 1.807) is 18.3 Å². The van der Waals surface area contributed by atoms with Crippen LogP contribution in [-0.4, -0.2) is 43.3 Å². The molecule has 0 amide bonds. The van der Waals surface area contributed by atoms with Crippen molar-refractivity contribution in [3.63, 3.8) is 0 Å². The number of aromatic nitrogens is 5. The summed E-state index contributed by atoms with van der Waals surface area (Å²) in [4.78, 5) is 10.6. The second-order valence-corrected chi connectivity index (χ2v) is 7.27. The molecule has 1 saturated heterocycles. The first-order valence-corrected chi connectivity index (χ1v) is 9.46. The highest BCUT2D eigenvalue weighted by Gasteiger charge is 2.27. The van der Waals surface area contributed by atoms with Crippen molar-refractivity contribution < 1.29 is 13.3 Å². The number of pyridine rings is 1. The molecular weight excluding hydrogens is 378 g/mol. The minimum atomic E-state index is -0.476. The third kappa shape index (κ3) is 3.49. The van der Waals surface area contributed by atoms with Crippen molar-refractivity contribution >= 4 is 10.9 Å². The molecule has 1 aromatic carbocycles. The van der Waals surface area contributed by atoms with E-state index in [0.717, 1.165) is 31.5 Å². The summed E-state index contributed by atoms with van der Waals surface area (Å²) in [5.74, 6) is 0.263. The van der Waals surface area contributed by atoms with E-state index in [0.29, 0.717) is 34.7 Å². The smallest absolute Gasteiger partial charge is 0.231 e. The third-order valence-corrected chi connectivity index (χ3v) is 5.29. The van der Waals surface area contributed by atoms with Crippen molar-refractivity contribution in [2.75, 3.05) is 13.1 Å². The molecule has 0 saturated carbocycles. The molecule has 1 atom stereocenters. The Bertz CT molecular complexity index is 1140. The van der Waals surface area contributed by atoms with Gasteiger partial charge in [0.1, 0.15) is 5.82 Å². The maximum atomic E-state index is 13.9. The van der Waals surface area contributed by atoms with Crippen molar-refractivity contribution in [3.05, 3.63) is 59.9 Å². The molecule has 0 spiro atoms. The summed E-state index contributed by atoms with van der Waals surface area (Å²) in [7, 11) is 0. The number of nitrogens with zero attached hydrogens (tertiary/aromatic N) is 5. The lowest BCUT2D eigenvalue weighted by Crippen LogP contribution is -2.34. The van der Waals surface area contributed by atoms with Gasteiger partial charge < -0.3 is 4.52 Å². The number of hydrogen-bond acceptors (Lipinski definition) is 6. The Balaban J connectivity index is 1.35. The molecule has 4 heterocycles. The van der Waals surface area contributed by atoms with E-state index in [1.807, 2.05) is 0 Å². The molecule has 4 aromatic rings. The summed E-state index contributed by atoms with van der Waals surface area (Å²) in [5, 5.41) is 11.2. The van der Waals surface area contributed by atoms with Gasteiger partial charge in [0.15, 0.2) is 0 Å². The van der Waals surface area contributed by atoms with Gasteiger partial charge >= 0.3 is 0 Å². The third-order valence-electron chi connectivity index (χ3n) is 5.29. The molecule has 1 N–H and O–H groups in total. The topological polar surface area (TPSA) is 83.7 Å². The summed E-state index contributed by atoms with van der Waals surface area (Å²) in [6, 6.07) is 6.13. The van der Waals surface area contributed by atoms with Crippen LogP contribution >= 0.6 is 0 Å². The first-order valence-electron chi connectivity index (χ1n) is 9.46. The number of nitrogens with one attached hydrogen (secondary N) is 1. The summed E-state index contributed by atoms with van der Waals surface area (Å²) in [5.41, 5.74) is 2.16. The summed E-state index contributed by atoms with van der Waals surface area (Å²) in [6.45, 7) is 2.40. The van der Waals surface area contributed by atoms with Crippen LogP contribution in [-0.2, 0) is 6.54 Å². The van der Waals surface area contributed by atoms with E-state index in [1.165, 1.54) is 18.3 Å². The monoisotopic (exact) mass is 396 g/mol. The molecule has 0 aliphatic carbocycles. The number of benzene rings is 1. The maximum absolute atomic E-state index is 13.9. The fourth-order valence-corrected chi connectivity index (χ4v) is 3.86. The first-order chi connectivity index (χ1) is 14.2. The van der Waals surface area contributed by atoms with Crippen LogP contribution in [0.5, 0.6) is 0 Å². The molecule has 1 aliphatic rings. The zero-order valence-corrected chi connectivity index (χ0v) is 15.5. The largest absolute Gasteiger partial charge is 0.339 e. The molecule has 5 rings (SSSR count).